The van der Waals surface area contributed by atoms with Crippen LogP contribution in [0.2, 0.25) is 0 Å². The van der Waals surface area contributed by atoms with Gasteiger partial charge in [-0.1, -0.05) is 6.92 Å². The van der Waals surface area contributed by atoms with Gasteiger partial charge in [-0.3, -0.25) is 0 Å². The first-order valence-electron chi connectivity index (χ1n) is 4.34. The number of hydrogen-bond donors (Lipinski definition) is 0. The molecule has 0 aliphatic heterocycles. The minimum atomic E-state index is -0.592. The Hall–Kier alpha value is -1.43. The van der Waals surface area contributed by atoms with Crippen molar-refractivity contribution in [2.75, 3.05) is 0 Å². The van der Waals surface area contributed by atoms with E-state index in [-0.39, 0.29) is 0 Å². The summed E-state index contributed by atoms with van der Waals surface area (Å²) >= 11 is 0. The minimum absolute atomic E-state index is 0.592. The molecule has 3 nitrogen and oxygen atoms in total. The molecule has 68 valence electrons. The normalized spacial score (nSPS) is 10.9. The molecule has 0 aliphatic carbocycles. The second-order valence-corrected chi connectivity index (χ2v) is 3.46. The summed E-state index contributed by atoms with van der Waals surface area (Å²) in [6.07, 6.45) is 2.58. The Morgan fingerprint density at radius 3 is 2.77 bits per heavy atom. The van der Waals surface area contributed by atoms with Gasteiger partial charge in [0.25, 0.3) is 0 Å². The summed E-state index contributed by atoms with van der Waals surface area (Å²) < 4.78 is 0. The van der Waals surface area contributed by atoms with Gasteiger partial charge in [0.15, 0.2) is 0 Å². The molecule has 1 aromatic heterocycles. The van der Waals surface area contributed by atoms with Crippen LogP contribution in [0.1, 0.15) is 32.3 Å². The highest BCUT2D eigenvalue weighted by molar-refractivity contribution is 5.17. The van der Waals surface area contributed by atoms with Crippen molar-refractivity contribution in [2.45, 2.75) is 32.6 Å². The first-order chi connectivity index (χ1) is 6.10. The number of nitrogens with zero attached hydrogens (tertiary/aromatic N) is 3. The topological polar surface area (TPSA) is 49.6 Å². The smallest absolute Gasteiger partial charge is 0.148 e. The maximum atomic E-state index is 8.88. The molecular formula is C10H13N3. The molecule has 0 unspecified atom stereocenters. The second-order valence-electron chi connectivity index (χ2n) is 3.46. The first-order valence-corrected chi connectivity index (χ1v) is 4.34. The number of aromatic nitrogens is 2. The van der Waals surface area contributed by atoms with Crippen molar-refractivity contribution in [3.05, 3.63) is 23.8 Å². The van der Waals surface area contributed by atoms with Crippen molar-refractivity contribution < 1.29 is 0 Å². The molecule has 0 bridgehead atoms. The van der Waals surface area contributed by atoms with Crippen molar-refractivity contribution in [3.63, 3.8) is 0 Å². The zero-order chi connectivity index (χ0) is 9.90. The lowest BCUT2D eigenvalue weighted by atomic mass is 9.95. The highest BCUT2D eigenvalue weighted by Gasteiger charge is 2.22. The number of rotatable bonds is 2. The van der Waals surface area contributed by atoms with E-state index in [9.17, 15) is 0 Å². The van der Waals surface area contributed by atoms with Crippen LogP contribution in [-0.4, -0.2) is 9.97 Å². The van der Waals surface area contributed by atoms with Crippen LogP contribution in [-0.2, 0) is 11.8 Å². The summed E-state index contributed by atoms with van der Waals surface area (Å²) in [6, 6.07) is 4.06. The summed E-state index contributed by atoms with van der Waals surface area (Å²) in [5, 5.41) is 8.88. The average molecular weight is 175 g/mol. The Labute approximate surface area is 78.5 Å². The van der Waals surface area contributed by atoms with Gasteiger partial charge in [0.2, 0.25) is 0 Å². The van der Waals surface area contributed by atoms with Gasteiger partial charge in [0, 0.05) is 11.9 Å². The fraction of sp³-hybridized carbons (Fsp3) is 0.500. The predicted molar refractivity (Wildman–Crippen MR) is 50.0 cm³/mol. The quantitative estimate of drug-likeness (QED) is 0.689. The Morgan fingerprint density at radius 1 is 1.54 bits per heavy atom. The summed E-state index contributed by atoms with van der Waals surface area (Å²) in [4.78, 5) is 8.40. The van der Waals surface area contributed by atoms with E-state index in [1.165, 1.54) is 0 Å². The first kappa shape index (κ1) is 9.66. The molecule has 0 N–H and O–H groups in total. The van der Waals surface area contributed by atoms with Gasteiger partial charge in [-0.2, -0.15) is 5.26 Å². The molecule has 0 saturated heterocycles. The van der Waals surface area contributed by atoms with Crippen molar-refractivity contribution in [1.29, 1.82) is 5.26 Å². The molecule has 0 atom stereocenters. The van der Waals surface area contributed by atoms with Crippen LogP contribution >= 0.6 is 0 Å². The van der Waals surface area contributed by atoms with Gasteiger partial charge in [0.1, 0.15) is 11.2 Å². The Kier molecular flexibility index (Phi) is 2.62. The standard InChI is InChI=1S/C10H13N3/c1-4-8-5-6-12-9(13-8)10(2,3)7-11/h5-6H,4H2,1-3H3. The van der Waals surface area contributed by atoms with Gasteiger partial charge >= 0.3 is 0 Å². The molecule has 1 rings (SSSR count). The average Bonchev–Trinajstić information content (AvgIpc) is 2.18. The van der Waals surface area contributed by atoms with Crippen LogP contribution in [0.25, 0.3) is 0 Å². The summed E-state index contributed by atoms with van der Waals surface area (Å²) in [7, 11) is 0. The Bertz CT molecular complexity index is 336. The molecule has 1 aromatic rings. The van der Waals surface area contributed by atoms with Crippen LogP contribution in [0.3, 0.4) is 0 Å². The van der Waals surface area contributed by atoms with Gasteiger partial charge in [0.05, 0.1) is 6.07 Å². The lowest BCUT2D eigenvalue weighted by Crippen LogP contribution is -2.18. The summed E-state index contributed by atoms with van der Waals surface area (Å²) in [6.45, 7) is 5.68. The third-order valence-electron chi connectivity index (χ3n) is 1.91. The number of hydrogen-bond acceptors (Lipinski definition) is 3. The summed E-state index contributed by atoms with van der Waals surface area (Å²) in [5.41, 5.74) is 0.388. The van der Waals surface area contributed by atoms with E-state index in [0.29, 0.717) is 5.82 Å². The molecule has 0 spiro atoms. The molecule has 3 heteroatoms. The Morgan fingerprint density at radius 2 is 2.23 bits per heavy atom. The van der Waals surface area contributed by atoms with Gasteiger partial charge in [-0.25, -0.2) is 9.97 Å². The maximum Gasteiger partial charge on any atom is 0.148 e. The van der Waals surface area contributed by atoms with Gasteiger partial charge < -0.3 is 0 Å². The fourth-order valence-corrected chi connectivity index (χ4v) is 0.944. The highest BCUT2D eigenvalue weighted by atomic mass is 14.9. The highest BCUT2D eigenvalue weighted by Crippen LogP contribution is 2.17. The molecule has 13 heavy (non-hydrogen) atoms. The SMILES string of the molecule is CCc1ccnc(C(C)(C)C#N)n1. The van der Waals surface area contributed by atoms with Crippen LogP contribution in [0.15, 0.2) is 12.3 Å². The summed E-state index contributed by atoms with van der Waals surface area (Å²) in [5.74, 6) is 0.606. The van der Waals surface area contributed by atoms with E-state index in [1.54, 1.807) is 6.20 Å². The number of aryl methyl sites for hydroxylation is 1. The molecule has 0 radical (unpaired) electrons. The molecule has 1 heterocycles. The second kappa shape index (κ2) is 3.53. The number of nitriles is 1. The zero-order valence-electron chi connectivity index (χ0n) is 8.20. The van der Waals surface area contributed by atoms with Crippen LogP contribution in [0.5, 0.6) is 0 Å². The van der Waals surface area contributed by atoms with Crippen LogP contribution < -0.4 is 0 Å². The fourth-order valence-electron chi connectivity index (χ4n) is 0.944. The van der Waals surface area contributed by atoms with Crippen molar-refractivity contribution in [3.8, 4) is 6.07 Å². The lowest BCUT2D eigenvalue weighted by molar-refractivity contribution is 0.623. The monoisotopic (exact) mass is 175 g/mol. The molecule has 0 amide bonds. The molecule has 0 fully saturated rings. The van der Waals surface area contributed by atoms with E-state index in [4.69, 9.17) is 5.26 Å². The predicted octanol–water partition coefficient (Wildman–Crippen LogP) is 1.84. The van der Waals surface area contributed by atoms with Gasteiger partial charge in [-0.15, -0.1) is 0 Å². The van der Waals surface area contributed by atoms with E-state index in [1.807, 2.05) is 26.8 Å². The van der Waals surface area contributed by atoms with Crippen molar-refractivity contribution in [2.24, 2.45) is 0 Å². The van der Waals surface area contributed by atoms with Crippen LogP contribution in [0.4, 0.5) is 0 Å². The third-order valence-corrected chi connectivity index (χ3v) is 1.91. The van der Waals surface area contributed by atoms with E-state index in [0.717, 1.165) is 12.1 Å². The molecular weight excluding hydrogens is 162 g/mol. The van der Waals surface area contributed by atoms with E-state index < -0.39 is 5.41 Å². The third kappa shape index (κ3) is 2.03. The Balaban J connectivity index is 3.10. The van der Waals surface area contributed by atoms with E-state index >= 15 is 0 Å². The zero-order valence-corrected chi connectivity index (χ0v) is 8.20. The largest absolute Gasteiger partial charge is 0.240 e. The van der Waals surface area contributed by atoms with Crippen molar-refractivity contribution in [1.82, 2.24) is 9.97 Å². The van der Waals surface area contributed by atoms with E-state index in [2.05, 4.69) is 16.0 Å². The molecule has 0 aromatic carbocycles. The maximum absolute atomic E-state index is 8.88. The van der Waals surface area contributed by atoms with Crippen LogP contribution in [0, 0.1) is 11.3 Å². The lowest BCUT2D eigenvalue weighted by Gasteiger charge is -2.13. The van der Waals surface area contributed by atoms with Crippen molar-refractivity contribution >= 4 is 0 Å². The van der Waals surface area contributed by atoms with Gasteiger partial charge in [-0.05, 0) is 26.3 Å². The molecule has 0 aliphatic rings. The molecule has 0 saturated carbocycles. The minimum Gasteiger partial charge on any atom is -0.240 e.